The highest BCUT2D eigenvalue weighted by Gasteiger charge is 2.22. The van der Waals surface area contributed by atoms with Gasteiger partial charge >= 0.3 is 0 Å². The van der Waals surface area contributed by atoms with E-state index in [4.69, 9.17) is 9.47 Å². The number of benzene rings is 2. The normalized spacial score (nSPS) is 12.5. The van der Waals surface area contributed by atoms with Crippen molar-refractivity contribution in [1.82, 2.24) is 0 Å². The third-order valence-corrected chi connectivity index (χ3v) is 4.82. The number of amides is 1. The highest BCUT2D eigenvalue weighted by atomic mass is 32.1. The van der Waals surface area contributed by atoms with Crippen LogP contribution < -0.4 is 14.8 Å². The van der Waals surface area contributed by atoms with Crippen molar-refractivity contribution in [1.29, 1.82) is 0 Å². The zero-order valence-corrected chi connectivity index (χ0v) is 14.5. The fraction of sp³-hybridized carbons (Fsp3) is 0.100. The van der Waals surface area contributed by atoms with Crippen molar-refractivity contribution in [3.8, 4) is 11.5 Å². The molecular formula is C20H15NO4S. The van der Waals surface area contributed by atoms with Crippen LogP contribution in [-0.4, -0.2) is 24.9 Å². The molecule has 1 N–H and O–H groups in total. The quantitative estimate of drug-likeness (QED) is 0.710. The van der Waals surface area contributed by atoms with Gasteiger partial charge in [-0.25, -0.2) is 0 Å². The second-order valence-corrected chi connectivity index (χ2v) is 6.62. The lowest BCUT2D eigenvalue weighted by atomic mass is 10.0. The van der Waals surface area contributed by atoms with Crippen molar-refractivity contribution in [3.63, 3.8) is 0 Å². The molecule has 1 aliphatic rings. The summed E-state index contributed by atoms with van der Waals surface area (Å²) in [5, 5.41) is 4.66. The summed E-state index contributed by atoms with van der Waals surface area (Å²) >= 11 is 1.34. The monoisotopic (exact) mass is 365 g/mol. The molecular weight excluding hydrogens is 350 g/mol. The van der Waals surface area contributed by atoms with Crippen LogP contribution in [-0.2, 0) is 0 Å². The van der Waals surface area contributed by atoms with Crippen LogP contribution in [0.3, 0.4) is 0 Å². The van der Waals surface area contributed by atoms with Gasteiger partial charge < -0.3 is 14.8 Å². The van der Waals surface area contributed by atoms with Crippen LogP contribution in [0.4, 0.5) is 5.69 Å². The predicted octanol–water partition coefficient (Wildman–Crippen LogP) is 4.00. The summed E-state index contributed by atoms with van der Waals surface area (Å²) in [6.07, 6.45) is 0. The minimum absolute atomic E-state index is 0.191. The molecule has 0 fully saturated rings. The molecule has 0 radical (unpaired) electrons. The van der Waals surface area contributed by atoms with Crippen LogP contribution >= 0.6 is 11.3 Å². The SMILES string of the molecule is O=C(Nc1cc2c(cc1C(=O)c1ccccc1)OCCO2)c1cccs1. The average molecular weight is 365 g/mol. The van der Waals surface area contributed by atoms with Crippen molar-refractivity contribution in [2.45, 2.75) is 0 Å². The molecule has 2 aromatic carbocycles. The molecule has 2 heterocycles. The molecule has 0 bridgehead atoms. The number of ether oxygens (including phenoxy) is 2. The van der Waals surface area contributed by atoms with Gasteiger partial charge in [-0.2, -0.15) is 0 Å². The number of hydrogen-bond acceptors (Lipinski definition) is 5. The van der Waals surface area contributed by atoms with Gasteiger partial charge in [-0.3, -0.25) is 9.59 Å². The summed E-state index contributed by atoms with van der Waals surface area (Å²) < 4.78 is 11.2. The van der Waals surface area contributed by atoms with E-state index in [1.807, 2.05) is 11.4 Å². The third-order valence-electron chi connectivity index (χ3n) is 3.96. The molecule has 1 aromatic heterocycles. The largest absolute Gasteiger partial charge is 0.486 e. The number of carbonyl (C=O) groups excluding carboxylic acids is 2. The molecule has 26 heavy (non-hydrogen) atoms. The molecule has 0 saturated heterocycles. The molecule has 0 spiro atoms. The Bertz CT molecular complexity index is 951. The van der Waals surface area contributed by atoms with Gasteiger partial charge in [0, 0.05) is 11.6 Å². The van der Waals surface area contributed by atoms with Gasteiger partial charge in [0.05, 0.1) is 16.1 Å². The summed E-state index contributed by atoms with van der Waals surface area (Å²) in [7, 11) is 0. The van der Waals surface area contributed by atoms with Crippen molar-refractivity contribution in [2.75, 3.05) is 18.5 Å². The highest BCUT2D eigenvalue weighted by Crippen LogP contribution is 2.36. The summed E-state index contributed by atoms with van der Waals surface area (Å²) in [6, 6.07) is 15.7. The van der Waals surface area contributed by atoms with Gasteiger partial charge in [-0.05, 0) is 17.5 Å². The van der Waals surface area contributed by atoms with E-state index in [1.165, 1.54) is 11.3 Å². The van der Waals surface area contributed by atoms with Crippen LogP contribution in [0.5, 0.6) is 11.5 Å². The predicted molar refractivity (Wildman–Crippen MR) is 99.6 cm³/mol. The summed E-state index contributed by atoms with van der Waals surface area (Å²) in [5.74, 6) is 0.565. The Morgan fingerprint density at radius 1 is 0.923 bits per heavy atom. The van der Waals surface area contributed by atoms with E-state index in [0.717, 1.165) is 0 Å². The molecule has 6 heteroatoms. The van der Waals surface area contributed by atoms with E-state index in [0.29, 0.717) is 46.4 Å². The minimum Gasteiger partial charge on any atom is -0.486 e. The van der Waals surface area contributed by atoms with Gasteiger partial charge in [0.15, 0.2) is 17.3 Å². The lowest BCUT2D eigenvalue weighted by Gasteiger charge is -2.21. The number of hydrogen-bond donors (Lipinski definition) is 1. The molecule has 0 aliphatic carbocycles. The van der Waals surface area contributed by atoms with Gasteiger partial charge in [0.2, 0.25) is 0 Å². The van der Waals surface area contributed by atoms with Crippen LogP contribution in [0.25, 0.3) is 0 Å². The Morgan fingerprint density at radius 2 is 1.65 bits per heavy atom. The molecule has 130 valence electrons. The topological polar surface area (TPSA) is 64.6 Å². The van der Waals surface area contributed by atoms with Crippen LogP contribution in [0, 0.1) is 0 Å². The van der Waals surface area contributed by atoms with Crippen LogP contribution in [0.2, 0.25) is 0 Å². The summed E-state index contributed by atoms with van der Waals surface area (Å²) in [5.41, 5.74) is 1.31. The van der Waals surface area contributed by atoms with Crippen LogP contribution in [0.1, 0.15) is 25.6 Å². The zero-order valence-electron chi connectivity index (χ0n) is 13.7. The maximum atomic E-state index is 13.0. The minimum atomic E-state index is -0.265. The van der Waals surface area contributed by atoms with Crippen molar-refractivity contribution < 1.29 is 19.1 Å². The van der Waals surface area contributed by atoms with E-state index in [-0.39, 0.29) is 11.7 Å². The second-order valence-electron chi connectivity index (χ2n) is 5.67. The van der Waals surface area contributed by atoms with Gasteiger partial charge in [-0.1, -0.05) is 36.4 Å². The average Bonchev–Trinajstić information content (AvgIpc) is 3.22. The van der Waals surface area contributed by atoms with E-state index in [9.17, 15) is 9.59 Å². The molecule has 3 aromatic rings. The molecule has 1 amide bonds. The Kier molecular flexibility index (Phi) is 4.41. The number of ketones is 1. The van der Waals surface area contributed by atoms with Gasteiger partial charge in [-0.15, -0.1) is 11.3 Å². The van der Waals surface area contributed by atoms with Crippen molar-refractivity contribution in [3.05, 3.63) is 76.0 Å². The first-order valence-electron chi connectivity index (χ1n) is 8.10. The second kappa shape index (κ2) is 7.01. The van der Waals surface area contributed by atoms with Crippen LogP contribution in [0.15, 0.2) is 60.0 Å². The molecule has 4 rings (SSSR count). The molecule has 1 aliphatic heterocycles. The van der Waals surface area contributed by atoms with Crippen molar-refractivity contribution >= 4 is 28.7 Å². The Hall–Kier alpha value is -3.12. The lowest BCUT2D eigenvalue weighted by Crippen LogP contribution is -2.18. The van der Waals surface area contributed by atoms with E-state index in [2.05, 4.69) is 5.32 Å². The maximum Gasteiger partial charge on any atom is 0.265 e. The summed E-state index contributed by atoms with van der Waals surface area (Å²) in [6.45, 7) is 0.851. The van der Waals surface area contributed by atoms with E-state index < -0.39 is 0 Å². The lowest BCUT2D eigenvalue weighted by molar-refractivity contribution is 0.103. The number of nitrogens with one attached hydrogen (secondary N) is 1. The Balaban J connectivity index is 1.75. The van der Waals surface area contributed by atoms with E-state index in [1.54, 1.807) is 48.5 Å². The number of fused-ring (bicyclic) bond motifs is 1. The molecule has 0 saturated carbocycles. The zero-order chi connectivity index (χ0) is 17.9. The van der Waals surface area contributed by atoms with Crippen molar-refractivity contribution in [2.24, 2.45) is 0 Å². The van der Waals surface area contributed by atoms with E-state index >= 15 is 0 Å². The first-order chi connectivity index (χ1) is 12.7. The number of thiophene rings is 1. The fourth-order valence-electron chi connectivity index (χ4n) is 2.72. The fourth-order valence-corrected chi connectivity index (χ4v) is 3.34. The highest BCUT2D eigenvalue weighted by molar-refractivity contribution is 7.12. The Morgan fingerprint density at radius 3 is 2.35 bits per heavy atom. The number of anilines is 1. The summed E-state index contributed by atoms with van der Waals surface area (Å²) in [4.78, 5) is 26.0. The molecule has 0 unspecified atom stereocenters. The number of rotatable bonds is 4. The smallest absolute Gasteiger partial charge is 0.265 e. The van der Waals surface area contributed by atoms with Gasteiger partial charge in [0.1, 0.15) is 13.2 Å². The Labute approximate surface area is 154 Å². The van der Waals surface area contributed by atoms with Gasteiger partial charge in [0.25, 0.3) is 5.91 Å². The first kappa shape index (κ1) is 16.4. The third kappa shape index (κ3) is 3.19. The molecule has 0 atom stereocenters. The number of carbonyl (C=O) groups is 2. The molecule has 5 nitrogen and oxygen atoms in total. The maximum absolute atomic E-state index is 13.0. The first-order valence-corrected chi connectivity index (χ1v) is 8.98. The standard InChI is InChI=1S/C20H15NO4S/c22-19(13-5-2-1-3-6-13)14-11-16-17(25-9-8-24-16)12-15(14)21-20(23)18-7-4-10-26-18/h1-7,10-12H,8-9H2,(H,21,23).